The third-order valence-corrected chi connectivity index (χ3v) is 7.72. The number of ether oxygens (including phenoxy) is 2. The number of aromatic amines is 2. The number of nitrogen functional groups attached to an aromatic ring is 1. The van der Waals surface area contributed by atoms with Gasteiger partial charge in [0.1, 0.15) is 30.8 Å². The van der Waals surface area contributed by atoms with Crippen molar-refractivity contribution in [3.05, 3.63) is 48.8 Å². The Morgan fingerprint density at radius 1 is 1.28 bits per heavy atom. The van der Waals surface area contributed by atoms with Crippen LogP contribution in [0.1, 0.15) is 23.9 Å². The molecular formula is C20H26N7O11P. The number of aliphatic hydroxyl groups is 2. The second-order valence-corrected chi connectivity index (χ2v) is 10.7. The van der Waals surface area contributed by atoms with Crippen LogP contribution in [0.15, 0.2) is 20.7 Å². The van der Waals surface area contributed by atoms with Crippen molar-refractivity contribution in [3.8, 4) is 0 Å². The van der Waals surface area contributed by atoms with Gasteiger partial charge in [-0.15, -0.1) is 0 Å². The van der Waals surface area contributed by atoms with Crippen LogP contribution in [0.5, 0.6) is 0 Å². The predicted octanol–water partition coefficient (Wildman–Crippen LogP) is -2.40. The van der Waals surface area contributed by atoms with Gasteiger partial charge in [0.15, 0.2) is 11.2 Å². The Morgan fingerprint density at radius 2 is 2.05 bits per heavy atom. The quantitative estimate of drug-likeness (QED) is 0.154. The lowest BCUT2D eigenvalue weighted by molar-refractivity contribution is -0.148. The van der Waals surface area contributed by atoms with E-state index in [4.69, 9.17) is 24.3 Å². The van der Waals surface area contributed by atoms with E-state index in [2.05, 4.69) is 19.9 Å². The van der Waals surface area contributed by atoms with Crippen molar-refractivity contribution in [3.63, 3.8) is 0 Å². The molecule has 0 amide bonds. The zero-order chi connectivity index (χ0) is 28.1. The molecule has 1 unspecified atom stereocenters. The van der Waals surface area contributed by atoms with Gasteiger partial charge >= 0.3 is 13.5 Å². The maximum atomic E-state index is 12.9. The Bertz CT molecular complexity index is 1630. The number of hydrogen-bond acceptors (Lipinski definition) is 13. The molecule has 212 valence electrons. The van der Waals surface area contributed by atoms with Crippen LogP contribution < -0.4 is 22.5 Å². The third kappa shape index (κ3) is 5.08. The summed E-state index contributed by atoms with van der Waals surface area (Å²) < 4.78 is 37.3. The minimum Gasteiger partial charge on any atom is -0.394 e. The van der Waals surface area contributed by atoms with E-state index in [9.17, 15) is 34.1 Å². The highest BCUT2D eigenvalue weighted by Crippen LogP contribution is 2.49. The minimum atomic E-state index is -4.83. The van der Waals surface area contributed by atoms with E-state index in [1.54, 1.807) is 0 Å². The SMILES string of the molecule is Cc1c2n(c(=O)[nH]c1=O)CO[C@@](CO)(COP(=O)(O)O[C@H]1C[C@H](n3cnc4c(=O)[nH]c(N)nc43)O[C@@H]1CO)C2. The van der Waals surface area contributed by atoms with Gasteiger partial charge in [0.2, 0.25) is 5.95 Å². The maximum absolute atomic E-state index is 12.9. The van der Waals surface area contributed by atoms with E-state index in [0.717, 1.165) is 0 Å². The van der Waals surface area contributed by atoms with Gasteiger partial charge in [-0.1, -0.05) is 0 Å². The Kier molecular flexibility index (Phi) is 7.06. The summed E-state index contributed by atoms with van der Waals surface area (Å²) in [5, 5.41) is 19.8. The molecule has 3 aromatic heterocycles. The summed E-state index contributed by atoms with van der Waals surface area (Å²) >= 11 is 0. The largest absolute Gasteiger partial charge is 0.472 e. The average Bonchev–Trinajstić information content (AvgIpc) is 3.49. The van der Waals surface area contributed by atoms with E-state index in [1.807, 2.05) is 0 Å². The molecule has 0 aromatic carbocycles. The number of aromatic nitrogens is 6. The molecule has 0 aliphatic carbocycles. The van der Waals surface area contributed by atoms with E-state index in [1.165, 1.54) is 22.4 Å². The lowest BCUT2D eigenvalue weighted by atomic mass is 9.96. The minimum absolute atomic E-state index is 0.00303. The number of nitrogens with zero attached hydrogens (tertiary/aromatic N) is 4. The number of nitrogens with one attached hydrogen (secondary N) is 2. The summed E-state index contributed by atoms with van der Waals surface area (Å²) in [5.41, 5.74) is 2.83. The predicted molar refractivity (Wildman–Crippen MR) is 129 cm³/mol. The maximum Gasteiger partial charge on any atom is 0.472 e. The van der Waals surface area contributed by atoms with E-state index < -0.39 is 68.5 Å². The fourth-order valence-corrected chi connectivity index (χ4v) is 5.60. The van der Waals surface area contributed by atoms with Crippen molar-refractivity contribution in [1.29, 1.82) is 0 Å². The monoisotopic (exact) mass is 571 g/mol. The number of H-pyrrole nitrogens is 2. The smallest absolute Gasteiger partial charge is 0.394 e. The van der Waals surface area contributed by atoms with Crippen LogP contribution in [0.3, 0.4) is 0 Å². The van der Waals surface area contributed by atoms with Gasteiger partial charge in [-0.2, -0.15) is 4.98 Å². The van der Waals surface area contributed by atoms with Gasteiger partial charge in [-0.05, 0) is 6.92 Å². The van der Waals surface area contributed by atoms with E-state index >= 15 is 0 Å². The van der Waals surface area contributed by atoms with Crippen LogP contribution >= 0.6 is 7.82 Å². The highest BCUT2D eigenvalue weighted by molar-refractivity contribution is 7.47. The van der Waals surface area contributed by atoms with Crippen LogP contribution in [0.2, 0.25) is 0 Å². The Labute approximate surface area is 217 Å². The fraction of sp³-hybridized carbons (Fsp3) is 0.550. The number of fused-ring (bicyclic) bond motifs is 2. The lowest BCUT2D eigenvalue weighted by Crippen LogP contribution is -2.51. The molecule has 0 bridgehead atoms. The Balaban J connectivity index is 1.30. The zero-order valence-corrected chi connectivity index (χ0v) is 21.4. The molecule has 19 heteroatoms. The number of phosphoric acid groups is 1. The highest BCUT2D eigenvalue weighted by Gasteiger charge is 2.44. The number of nitrogens with two attached hydrogens (primary N) is 1. The van der Waals surface area contributed by atoms with Crippen molar-refractivity contribution in [2.24, 2.45) is 0 Å². The molecule has 39 heavy (non-hydrogen) atoms. The molecule has 5 heterocycles. The van der Waals surface area contributed by atoms with Crippen LogP contribution in [0, 0.1) is 6.92 Å². The molecule has 2 aliphatic heterocycles. The number of hydrogen-bond donors (Lipinski definition) is 6. The molecule has 1 saturated heterocycles. The first-order valence-corrected chi connectivity index (χ1v) is 13.2. The lowest BCUT2D eigenvalue weighted by Gasteiger charge is -2.37. The summed E-state index contributed by atoms with van der Waals surface area (Å²) in [6.45, 7) is -0.710. The number of aliphatic hydroxyl groups excluding tert-OH is 2. The number of phosphoric ester groups is 1. The van der Waals surface area contributed by atoms with Gasteiger partial charge in [-0.3, -0.25) is 37.7 Å². The highest BCUT2D eigenvalue weighted by atomic mass is 31.2. The van der Waals surface area contributed by atoms with Gasteiger partial charge < -0.3 is 30.3 Å². The van der Waals surface area contributed by atoms with Gasteiger partial charge in [0.05, 0.1) is 26.1 Å². The molecule has 0 spiro atoms. The summed E-state index contributed by atoms with van der Waals surface area (Å²) in [5.74, 6) is -0.151. The molecule has 7 N–H and O–H groups in total. The van der Waals surface area contributed by atoms with Crippen molar-refractivity contribution in [1.82, 2.24) is 29.1 Å². The average molecular weight is 571 g/mol. The van der Waals surface area contributed by atoms with Crippen molar-refractivity contribution in [2.45, 2.75) is 50.5 Å². The molecule has 0 radical (unpaired) electrons. The normalized spacial score (nSPS) is 26.5. The van der Waals surface area contributed by atoms with Crippen LogP contribution in [-0.2, 0) is 36.2 Å². The molecule has 1 fully saturated rings. The second kappa shape index (κ2) is 10.1. The molecule has 5 rings (SSSR count). The van der Waals surface area contributed by atoms with E-state index in [-0.39, 0.29) is 47.9 Å². The number of imidazole rings is 1. The zero-order valence-electron chi connectivity index (χ0n) is 20.5. The second-order valence-electron chi connectivity index (χ2n) is 9.26. The summed E-state index contributed by atoms with van der Waals surface area (Å²) in [4.78, 5) is 59.2. The number of anilines is 1. The first-order valence-electron chi connectivity index (χ1n) is 11.7. The van der Waals surface area contributed by atoms with Crippen LogP contribution in [0.4, 0.5) is 5.95 Å². The Hall–Kier alpha value is -3.22. The topological polar surface area (TPSA) is 259 Å². The van der Waals surface area contributed by atoms with Gasteiger partial charge in [-0.25, -0.2) is 14.3 Å². The molecule has 3 aromatic rings. The number of rotatable bonds is 8. The Morgan fingerprint density at radius 3 is 2.77 bits per heavy atom. The molecule has 2 aliphatic rings. The van der Waals surface area contributed by atoms with Crippen molar-refractivity contribution >= 4 is 24.9 Å². The van der Waals surface area contributed by atoms with E-state index in [0.29, 0.717) is 0 Å². The molecule has 0 saturated carbocycles. The van der Waals surface area contributed by atoms with Gasteiger partial charge in [0.25, 0.3) is 11.1 Å². The summed E-state index contributed by atoms with van der Waals surface area (Å²) in [6.07, 6.45) is -2.01. The molecule has 18 nitrogen and oxygen atoms in total. The summed E-state index contributed by atoms with van der Waals surface area (Å²) in [6, 6.07) is 0. The standard InChI is InChI=1S/C20H26N7O11P/c1-9-10-3-20(5-29,35-8-27(10)19(32)25-16(9)30)6-36-39(33,34)38-11-2-13(37-12(11)4-28)26-7-22-14-15(26)23-18(21)24-17(14)31/h7,11-13,28-29H,2-6,8H2,1H3,(H,33,34)(H,25,30,32)(H3,21,23,24,31)/t11-,12+,13+,20-/m0/s1. The third-order valence-electron chi connectivity index (χ3n) is 6.72. The van der Waals surface area contributed by atoms with Crippen LogP contribution in [-0.4, -0.2) is 81.8 Å². The van der Waals surface area contributed by atoms with Crippen molar-refractivity contribution in [2.75, 3.05) is 25.6 Å². The molecular weight excluding hydrogens is 545 g/mol. The summed E-state index contributed by atoms with van der Waals surface area (Å²) in [7, 11) is -4.83. The first kappa shape index (κ1) is 27.4. The van der Waals surface area contributed by atoms with Crippen molar-refractivity contribution < 1.29 is 38.2 Å². The fourth-order valence-electron chi connectivity index (χ4n) is 4.58. The van der Waals surface area contributed by atoms with Crippen LogP contribution in [0.25, 0.3) is 11.2 Å². The molecule has 5 atom stereocenters. The van der Waals surface area contributed by atoms with Gasteiger partial charge in [0, 0.05) is 24.1 Å². The first-order chi connectivity index (χ1) is 18.5.